The lowest BCUT2D eigenvalue weighted by Crippen LogP contribution is -2.61. The molecule has 0 spiro atoms. The largest absolute Gasteiger partial charge is 0.497 e. The number of nitrogens with zero attached hydrogens (tertiary/aromatic N) is 5. The number of fused-ring (bicyclic) bond motifs is 3. The van der Waals surface area contributed by atoms with Gasteiger partial charge in [0.2, 0.25) is 11.9 Å². The van der Waals surface area contributed by atoms with Crippen molar-refractivity contribution in [1.82, 2.24) is 20.2 Å². The van der Waals surface area contributed by atoms with Crippen LogP contribution in [0.2, 0.25) is 0 Å². The second-order valence-electron chi connectivity index (χ2n) is 8.90. The highest BCUT2D eigenvalue weighted by molar-refractivity contribution is 5.82. The Kier molecular flexibility index (Phi) is 6.12. The van der Waals surface area contributed by atoms with Gasteiger partial charge in [-0.1, -0.05) is 6.07 Å². The van der Waals surface area contributed by atoms with Gasteiger partial charge in [0.05, 0.1) is 19.1 Å². The Morgan fingerprint density at radius 2 is 1.97 bits per heavy atom. The van der Waals surface area contributed by atoms with E-state index in [1.165, 1.54) is 24.1 Å². The predicted molar refractivity (Wildman–Crippen MR) is 124 cm³/mol. The molecule has 8 heteroatoms. The molecule has 1 amide bonds. The van der Waals surface area contributed by atoms with Crippen LogP contribution >= 0.6 is 0 Å². The number of piperazine rings is 1. The molecule has 0 radical (unpaired) electrons. The van der Waals surface area contributed by atoms with E-state index in [4.69, 9.17) is 4.74 Å². The van der Waals surface area contributed by atoms with Crippen molar-refractivity contribution in [3.8, 4) is 5.75 Å². The van der Waals surface area contributed by atoms with Crippen LogP contribution in [-0.2, 0) is 11.2 Å². The predicted octanol–water partition coefficient (Wildman–Crippen LogP) is 1.56. The first-order valence-corrected chi connectivity index (χ1v) is 11.7. The highest BCUT2D eigenvalue weighted by Gasteiger charge is 2.42. The molecule has 1 aromatic carbocycles. The van der Waals surface area contributed by atoms with Crippen LogP contribution in [-0.4, -0.2) is 79.7 Å². The molecule has 2 saturated heterocycles. The summed E-state index contributed by atoms with van der Waals surface area (Å²) in [7, 11) is 1.70. The first-order valence-electron chi connectivity index (χ1n) is 11.7. The molecule has 170 valence electrons. The zero-order valence-electron chi connectivity index (χ0n) is 18.7. The minimum atomic E-state index is -0.110. The smallest absolute Gasteiger partial charge is 0.225 e. The van der Waals surface area contributed by atoms with E-state index >= 15 is 0 Å². The second kappa shape index (κ2) is 9.32. The van der Waals surface area contributed by atoms with E-state index in [0.717, 1.165) is 57.4 Å². The van der Waals surface area contributed by atoms with Crippen LogP contribution in [0.5, 0.6) is 5.75 Å². The molecule has 2 atom stereocenters. The van der Waals surface area contributed by atoms with Crippen LogP contribution in [0.25, 0.3) is 0 Å². The summed E-state index contributed by atoms with van der Waals surface area (Å²) in [6.07, 6.45) is 6.83. The number of ether oxygens (including phenoxy) is 1. The molecule has 5 rings (SSSR count). The van der Waals surface area contributed by atoms with Crippen molar-refractivity contribution in [1.29, 1.82) is 0 Å². The van der Waals surface area contributed by atoms with Crippen molar-refractivity contribution >= 4 is 17.5 Å². The summed E-state index contributed by atoms with van der Waals surface area (Å²) in [4.78, 5) is 29.3. The van der Waals surface area contributed by atoms with Crippen LogP contribution in [0.1, 0.15) is 18.4 Å². The number of nitrogens with one attached hydrogen (secondary N) is 1. The summed E-state index contributed by atoms with van der Waals surface area (Å²) >= 11 is 0. The Hall–Kier alpha value is -2.87. The van der Waals surface area contributed by atoms with Gasteiger partial charge in [0.1, 0.15) is 5.75 Å². The number of likely N-dealkylation sites (tertiary alicyclic amines) is 1. The van der Waals surface area contributed by atoms with Crippen molar-refractivity contribution in [3.05, 3.63) is 42.2 Å². The highest BCUT2D eigenvalue weighted by atomic mass is 16.5. The molecule has 32 heavy (non-hydrogen) atoms. The van der Waals surface area contributed by atoms with Gasteiger partial charge in [0.15, 0.2) is 0 Å². The van der Waals surface area contributed by atoms with Gasteiger partial charge in [0.25, 0.3) is 0 Å². The monoisotopic (exact) mass is 436 g/mol. The van der Waals surface area contributed by atoms with Crippen LogP contribution in [0, 0.1) is 5.92 Å². The third-order valence-electron chi connectivity index (χ3n) is 7.02. The van der Waals surface area contributed by atoms with E-state index in [1.54, 1.807) is 19.5 Å². The van der Waals surface area contributed by atoms with Crippen molar-refractivity contribution in [2.24, 2.45) is 5.92 Å². The number of carbonyl (C=O) groups is 1. The maximum Gasteiger partial charge on any atom is 0.225 e. The molecule has 2 fully saturated rings. The standard InChI is InChI=1S/C24H32N6O2/c1-32-19-6-5-18-15-20(23(31)25-9-12-28-10-2-3-11-28)22-17-29(24-26-7-4-8-27-24)13-14-30(22)21(18)16-19/h4-8,16,20,22H,2-3,9-15,17H2,1H3,(H,25,31). The summed E-state index contributed by atoms with van der Waals surface area (Å²) in [6, 6.07) is 8.12. The van der Waals surface area contributed by atoms with Gasteiger partial charge in [-0.3, -0.25) is 4.79 Å². The first-order chi connectivity index (χ1) is 15.7. The van der Waals surface area contributed by atoms with E-state index in [0.29, 0.717) is 6.54 Å². The summed E-state index contributed by atoms with van der Waals surface area (Å²) in [5, 5.41) is 3.24. The van der Waals surface area contributed by atoms with Crippen molar-refractivity contribution in [2.45, 2.75) is 25.3 Å². The number of hydrogen-bond acceptors (Lipinski definition) is 7. The van der Waals surface area contributed by atoms with Gasteiger partial charge < -0.3 is 24.8 Å². The number of rotatable bonds is 6. The molecule has 0 saturated carbocycles. The highest BCUT2D eigenvalue weighted by Crippen LogP contribution is 2.38. The molecular formula is C24H32N6O2. The molecule has 4 heterocycles. The van der Waals surface area contributed by atoms with Crippen molar-refractivity contribution in [3.63, 3.8) is 0 Å². The van der Waals surface area contributed by atoms with Crippen molar-refractivity contribution in [2.75, 3.05) is 62.7 Å². The van der Waals surface area contributed by atoms with Gasteiger partial charge in [-0.2, -0.15) is 0 Å². The topological polar surface area (TPSA) is 73.8 Å². The number of hydrogen-bond donors (Lipinski definition) is 1. The molecule has 0 bridgehead atoms. The van der Waals surface area contributed by atoms with E-state index in [-0.39, 0.29) is 17.9 Å². The van der Waals surface area contributed by atoms with E-state index in [9.17, 15) is 4.79 Å². The van der Waals surface area contributed by atoms with Gasteiger partial charge in [-0.25, -0.2) is 9.97 Å². The molecular weight excluding hydrogens is 404 g/mol. The fraction of sp³-hybridized carbons (Fsp3) is 0.542. The van der Waals surface area contributed by atoms with Crippen LogP contribution in [0.4, 0.5) is 11.6 Å². The SMILES string of the molecule is COc1ccc2c(c1)N1CCN(c3ncccn3)CC1C(C(=O)NCCN1CCCC1)C2. The fourth-order valence-corrected chi connectivity index (χ4v) is 5.32. The summed E-state index contributed by atoms with van der Waals surface area (Å²) in [5.74, 6) is 1.62. The second-order valence-corrected chi connectivity index (χ2v) is 8.90. The maximum absolute atomic E-state index is 13.4. The van der Waals surface area contributed by atoms with E-state index < -0.39 is 0 Å². The number of aromatic nitrogens is 2. The van der Waals surface area contributed by atoms with Crippen LogP contribution in [0.15, 0.2) is 36.7 Å². The number of anilines is 2. The number of amides is 1. The summed E-state index contributed by atoms with van der Waals surface area (Å²) in [5.41, 5.74) is 2.40. The average molecular weight is 437 g/mol. The van der Waals surface area contributed by atoms with Gasteiger partial charge in [-0.05, 0) is 50.0 Å². The van der Waals surface area contributed by atoms with Gasteiger partial charge in [-0.15, -0.1) is 0 Å². The van der Waals surface area contributed by atoms with E-state index in [2.05, 4.69) is 42.1 Å². The molecule has 1 aromatic heterocycles. The Labute approximate surface area is 189 Å². The minimum Gasteiger partial charge on any atom is -0.497 e. The van der Waals surface area contributed by atoms with Crippen LogP contribution in [0.3, 0.4) is 0 Å². The molecule has 1 N–H and O–H groups in total. The molecule has 2 aromatic rings. The molecule has 2 unspecified atom stereocenters. The molecule has 3 aliphatic rings. The van der Waals surface area contributed by atoms with Crippen LogP contribution < -0.4 is 19.9 Å². The molecule has 0 aliphatic carbocycles. The average Bonchev–Trinajstić information content (AvgIpc) is 3.37. The first kappa shape index (κ1) is 21.0. The maximum atomic E-state index is 13.4. The summed E-state index contributed by atoms with van der Waals surface area (Å²) in [6.45, 7) is 6.31. The molecule has 3 aliphatic heterocycles. The lowest BCUT2D eigenvalue weighted by molar-refractivity contribution is -0.125. The third-order valence-corrected chi connectivity index (χ3v) is 7.02. The number of methoxy groups -OCH3 is 1. The number of benzene rings is 1. The van der Waals surface area contributed by atoms with Crippen molar-refractivity contribution < 1.29 is 9.53 Å². The Balaban J connectivity index is 1.36. The Bertz CT molecular complexity index is 933. The zero-order chi connectivity index (χ0) is 21.9. The quantitative estimate of drug-likeness (QED) is 0.737. The Morgan fingerprint density at radius 3 is 2.75 bits per heavy atom. The third kappa shape index (κ3) is 4.24. The van der Waals surface area contributed by atoms with Gasteiger partial charge in [0, 0.05) is 56.9 Å². The fourth-order valence-electron chi connectivity index (χ4n) is 5.32. The lowest BCUT2D eigenvalue weighted by Gasteiger charge is -2.49. The zero-order valence-corrected chi connectivity index (χ0v) is 18.7. The summed E-state index contributed by atoms with van der Waals surface area (Å²) < 4.78 is 5.49. The van der Waals surface area contributed by atoms with Gasteiger partial charge >= 0.3 is 0 Å². The number of carbonyl (C=O) groups excluding carboxylic acids is 1. The minimum absolute atomic E-state index is 0.0685. The lowest BCUT2D eigenvalue weighted by atomic mass is 9.83. The van der Waals surface area contributed by atoms with E-state index in [1.807, 2.05) is 12.1 Å². The normalized spacial score (nSPS) is 22.9. The molecule has 8 nitrogen and oxygen atoms in total. The Morgan fingerprint density at radius 1 is 1.16 bits per heavy atom.